The van der Waals surface area contributed by atoms with E-state index < -0.39 is 22.8 Å². The number of hydrogen-bond donors (Lipinski definition) is 0. The second kappa shape index (κ2) is 18.8. The zero-order chi connectivity index (χ0) is 19.7. The number of hydrogen-bond acceptors (Lipinski definition) is 6. The van der Waals surface area contributed by atoms with Crippen LogP contribution in [0.2, 0.25) is 0 Å². The molecule has 0 amide bonds. The predicted octanol–water partition coefficient (Wildman–Crippen LogP) is 1.94. The summed E-state index contributed by atoms with van der Waals surface area (Å²) >= 11 is 0. The normalized spacial score (nSPS) is 12.1. The Morgan fingerprint density at radius 3 is 1.48 bits per heavy atom. The van der Waals surface area contributed by atoms with E-state index in [9.17, 15) is 13.0 Å². The van der Waals surface area contributed by atoms with E-state index in [1.165, 1.54) is 38.5 Å². The molecule has 0 saturated carbocycles. The molecule has 0 spiro atoms. The first-order valence-corrected chi connectivity index (χ1v) is 11.5. The van der Waals surface area contributed by atoms with Gasteiger partial charge in [0.05, 0.1) is 13.2 Å². The molecule has 0 aliphatic heterocycles. The molecule has 0 bridgehead atoms. The molecule has 158 valence electrons. The van der Waals surface area contributed by atoms with Gasteiger partial charge in [0.2, 0.25) is 10.4 Å². The van der Waals surface area contributed by atoms with E-state index >= 15 is 0 Å². The van der Waals surface area contributed by atoms with Crippen LogP contribution >= 0.6 is 0 Å². The maximum absolute atomic E-state index is 10.7. The van der Waals surface area contributed by atoms with Crippen LogP contribution in [0.4, 0.5) is 0 Å². The summed E-state index contributed by atoms with van der Waals surface area (Å²) in [5.74, 6) is -1.20. The quantitative estimate of drug-likeness (QED) is 0.105. The van der Waals surface area contributed by atoms with Crippen LogP contribution in [0.1, 0.15) is 97.8 Å². The summed E-state index contributed by atoms with van der Waals surface area (Å²) in [4.78, 5) is 0. The van der Waals surface area contributed by atoms with E-state index in [0.29, 0.717) is 13.2 Å². The van der Waals surface area contributed by atoms with Gasteiger partial charge in [-0.25, -0.2) is 8.42 Å². The molecule has 0 aliphatic carbocycles. The summed E-state index contributed by atoms with van der Waals surface area (Å²) in [5, 5.41) is 0. The van der Waals surface area contributed by atoms with Crippen molar-refractivity contribution in [1.82, 2.24) is 0 Å². The van der Waals surface area contributed by atoms with Crippen LogP contribution in [0.3, 0.4) is 0 Å². The zero-order valence-electron chi connectivity index (χ0n) is 18.0. The van der Waals surface area contributed by atoms with Crippen LogP contribution < -0.4 is 29.6 Å². The van der Waals surface area contributed by atoms with Crippen molar-refractivity contribution >= 4 is 10.4 Å². The molecule has 0 unspecified atom stereocenters. The molecule has 0 aromatic heterocycles. The first kappa shape index (κ1) is 30.0. The van der Waals surface area contributed by atoms with E-state index in [0.717, 1.165) is 38.5 Å². The standard InChI is InChI=1S/C19H40O6S.Na/c1-4-6-8-10-12-14-16-23-19(3,18-25-26(20,21)22)24-17-15-13-11-9-7-5-2;/h4-18H2,1-3H3,(H,20,21,22);/q;+1/p-1. The van der Waals surface area contributed by atoms with Crippen molar-refractivity contribution in [3.8, 4) is 0 Å². The Hall–Kier alpha value is 0.790. The summed E-state index contributed by atoms with van der Waals surface area (Å²) < 4.78 is 48.1. The Kier molecular flexibility index (Phi) is 20.9. The summed E-state index contributed by atoms with van der Waals surface area (Å²) in [6.07, 6.45) is 13.6. The minimum atomic E-state index is -4.76. The van der Waals surface area contributed by atoms with Gasteiger partial charge in [-0.1, -0.05) is 78.1 Å². The van der Waals surface area contributed by atoms with E-state index in [4.69, 9.17) is 9.47 Å². The minimum absolute atomic E-state index is 0. The largest absolute Gasteiger partial charge is 1.00 e. The van der Waals surface area contributed by atoms with Gasteiger partial charge >= 0.3 is 29.6 Å². The minimum Gasteiger partial charge on any atom is -0.726 e. The van der Waals surface area contributed by atoms with Crippen molar-refractivity contribution in [3.63, 3.8) is 0 Å². The molecule has 0 saturated heterocycles. The topological polar surface area (TPSA) is 84.9 Å². The Morgan fingerprint density at radius 1 is 0.741 bits per heavy atom. The monoisotopic (exact) mass is 418 g/mol. The molecule has 0 aliphatic rings. The Labute approximate surface area is 189 Å². The molecule has 0 aromatic rings. The first-order valence-electron chi connectivity index (χ1n) is 10.2. The molecule has 0 aromatic carbocycles. The third kappa shape index (κ3) is 21.3. The van der Waals surface area contributed by atoms with Crippen LogP contribution in [0.25, 0.3) is 0 Å². The van der Waals surface area contributed by atoms with Gasteiger partial charge in [0.25, 0.3) is 0 Å². The molecule has 8 heteroatoms. The second-order valence-electron chi connectivity index (χ2n) is 7.04. The van der Waals surface area contributed by atoms with Crippen molar-refractivity contribution in [3.05, 3.63) is 0 Å². The van der Waals surface area contributed by atoms with E-state index in [2.05, 4.69) is 18.0 Å². The molecule has 0 atom stereocenters. The Balaban J connectivity index is 0. The number of rotatable bonds is 19. The van der Waals surface area contributed by atoms with Crippen LogP contribution in [0.5, 0.6) is 0 Å². The first-order chi connectivity index (χ1) is 12.3. The van der Waals surface area contributed by atoms with Gasteiger partial charge in [-0.3, -0.25) is 4.18 Å². The number of unbranched alkanes of at least 4 members (excludes halogenated alkanes) is 10. The SMILES string of the molecule is CCCCCCCCOC(C)(COS(=O)(=O)[O-])OCCCCCCCC.[Na+]. The summed E-state index contributed by atoms with van der Waals surface area (Å²) in [5.41, 5.74) is 0. The zero-order valence-corrected chi connectivity index (χ0v) is 20.8. The molecule has 0 rings (SSSR count). The maximum Gasteiger partial charge on any atom is 1.00 e. The third-order valence-corrected chi connectivity index (χ3v) is 4.68. The molecule has 0 fully saturated rings. The fraction of sp³-hybridized carbons (Fsp3) is 1.00. The van der Waals surface area contributed by atoms with Crippen LogP contribution in [0, 0.1) is 0 Å². The van der Waals surface area contributed by atoms with Crippen molar-refractivity contribution < 1.29 is 56.2 Å². The Bertz CT molecular complexity index is 398. The van der Waals surface area contributed by atoms with E-state index in [1.807, 2.05) is 0 Å². The molecule has 0 heterocycles. The molecule has 6 nitrogen and oxygen atoms in total. The predicted molar refractivity (Wildman–Crippen MR) is 103 cm³/mol. The summed E-state index contributed by atoms with van der Waals surface area (Å²) in [6.45, 7) is 6.50. The second-order valence-corrected chi connectivity index (χ2v) is 8.09. The van der Waals surface area contributed by atoms with Crippen LogP contribution in [-0.4, -0.2) is 38.6 Å². The average Bonchev–Trinajstić information content (AvgIpc) is 2.58. The van der Waals surface area contributed by atoms with Crippen molar-refractivity contribution in [2.75, 3.05) is 19.8 Å². The fourth-order valence-electron chi connectivity index (χ4n) is 2.65. The van der Waals surface area contributed by atoms with Gasteiger partial charge in [-0.15, -0.1) is 0 Å². The van der Waals surface area contributed by atoms with Gasteiger partial charge < -0.3 is 14.0 Å². The molecule has 0 radical (unpaired) electrons. The van der Waals surface area contributed by atoms with Gasteiger partial charge in [0.1, 0.15) is 6.61 Å². The van der Waals surface area contributed by atoms with E-state index in [1.54, 1.807) is 6.92 Å². The van der Waals surface area contributed by atoms with Gasteiger partial charge in [-0.05, 0) is 19.8 Å². The van der Waals surface area contributed by atoms with Gasteiger partial charge in [-0.2, -0.15) is 0 Å². The maximum atomic E-state index is 10.7. The van der Waals surface area contributed by atoms with Crippen molar-refractivity contribution in [2.24, 2.45) is 0 Å². The number of ether oxygens (including phenoxy) is 2. The molecule has 27 heavy (non-hydrogen) atoms. The van der Waals surface area contributed by atoms with Gasteiger partial charge in [0.15, 0.2) is 5.79 Å². The van der Waals surface area contributed by atoms with Crippen molar-refractivity contribution in [2.45, 2.75) is 104 Å². The fourth-order valence-corrected chi connectivity index (χ4v) is 3.00. The van der Waals surface area contributed by atoms with Crippen LogP contribution in [0.15, 0.2) is 0 Å². The summed E-state index contributed by atoms with van der Waals surface area (Å²) in [6, 6.07) is 0. The molecule has 0 N–H and O–H groups in total. The third-order valence-electron chi connectivity index (χ3n) is 4.28. The van der Waals surface area contributed by atoms with Gasteiger partial charge in [0, 0.05) is 0 Å². The average molecular weight is 419 g/mol. The summed E-state index contributed by atoms with van der Waals surface area (Å²) in [7, 11) is -4.76. The smallest absolute Gasteiger partial charge is 0.726 e. The molecular weight excluding hydrogens is 379 g/mol. The van der Waals surface area contributed by atoms with Crippen LogP contribution in [-0.2, 0) is 24.1 Å². The Morgan fingerprint density at radius 2 is 1.11 bits per heavy atom. The molecular formula is C19H39NaO6S. The van der Waals surface area contributed by atoms with E-state index in [-0.39, 0.29) is 29.6 Å². The van der Waals surface area contributed by atoms with Crippen molar-refractivity contribution in [1.29, 1.82) is 0 Å².